The third-order valence-electron chi connectivity index (χ3n) is 4.72. The van der Waals surface area contributed by atoms with E-state index in [-0.39, 0.29) is 6.03 Å². The van der Waals surface area contributed by atoms with Gasteiger partial charge in [-0.1, -0.05) is 30.3 Å². The van der Waals surface area contributed by atoms with E-state index in [9.17, 15) is 4.79 Å². The fourth-order valence-electron chi connectivity index (χ4n) is 3.20. The molecular formula is C20H26N4O. The van der Waals surface area contributed by atoms with Crippen LogP contribution in [0.3, 0.4) is 0 Å². The van der Waals surface area contributed by atoms with Crippen LogP contribution in [0.5, 0.6) is 0 Å². The maximum Gasteiger partial charge on any atom is 0.314 e. The Morgan fingerprint density at radius 3 is 2.60 bits per heavy atom. The average molecular weight is 338 g/mol. The molecule has 0 saturated carbocycles. The highest BCUT2D eigenvalue weighted by atomic mass is 16.2. The van der Waals surface area contributed by atoms with Gasteiger partial charge in [-0.25, -0.2) is 4.79 Å². The van der Waals surface area contributed by atoms with E-state index in [1.54, 1.807) is 6.20 Å². The molecule has 5 heteroatoms. The van der Waals surface area contributed by atoms with Gasteiger partial charge in [0, 0.05) is 32.4 Å². The lowest BCUT2D eigenvalue weighted by atomic mass is 9.96. The normalized spacial score (nSPS) is 15.0. The summed E-state index contributed by atoms with van der Waals surface area (Å²) in [6, 6.07) is 14.2. The van der Waals surface area contributed by atoms with E-state index < -0.39 is 0 Å². The van der Waals surface area contributed by atoms with Crippen molar-refractivity contribution in [1.82, 2.24) is 15.6 Å². The molecule has 1 aliphatic heterocycles. The molecule has 2 aromatic rings. The van der Waals surface area contributed by atoms with Crippen LogP contribution >= 0.6 is 0 Å². The summed E-state index contributed by atoms with van der Waals surface area (Å²) in [6.07, 6.45) is 6.77. The fraction of sp³-hybridized carbons (Fsp3) is 0.400. The third-order valence-corrected chi connectivity index (χ3v) is 4.72. The Labute approximate surface area is 149 Å². The van der Waals surface area contributed by atoms with Crippen LogP contribution in [-0.4, -0.2) is 37.2 Å². The molecule has 0 unspecified atom stereocenters. The van der Waals surface area contributed by atoms with Crippen LogP contribution < -0.4 is 15.5 Å². The lowest BCUT2D eigenvalue weighted by Gasteiger charge is -2.33. The Morgan fingerprint density at radius 1 is 1.08 bits per heavy atom. The fourth-order valence-corrected chi connectivity index (χ4v) is 3.20. The van der Waals surface area contributed by atoms with Gasteiger partial charge in [0.25, 0.3) is 0 Å². The largest absolute Gasteiger partial charge is 0.370 e. The minimum Gasteiger partial charge on any atom is -0.370 e. The molecule has 2 amide bonds. The first kappa shape index (κ1) is 17.3. The molecule has 2 N–H and O–H groups in total. The Bertz CT molecular complexity index is 639. The Balaban J connectivity index is 1.31. The minimum atomic E-state index is -0.0642. The van der Waals surface area contributed by atoms with Gasteiger partial charge < -0.3 is 15.5 Å². The van der Waals surface area contributed by atoms with Crippen molar-refractivity contribution in [2.45, 2.75) is 19.3 Å². The number of hydrogen-bond acceptors (Lipinski definition) is 3. The summed E-state index contributed by atoms with van der Waals surface area (Å²) >= 11 is 0. The lowest BCUT2D eigenvalue weighted by Crippen LogP contribution is -2.42. The number of pyridine rings is 1. The number of nitrogens with zero attached hydrogens (tertiary/aromatic N) is 2. The van der Waals surface area contributed by atoms with Gasteiger partial charge in [0.2, 0.25) is 0 Å². The number of nitrogens with one attached hydrogen (secondary N) is 2. The van der Waals surface area contributed by atoms with Crippen LogP contribution in [0.2, 0.25) is 0 Å². The number of benzene rings is 1. The smallest absolute Gasteiger partial charge is 0.314 e. The zero-order valence-electron chi connectivity index (χ0n) is 14.5. The molecule has 0 bridgehead atoms. The molecule has 1 aromatic heterocycles. The van der Waals surface area contributed by atoms with Crippen LogP contribution in [-0.2, 0) is 6.42 Å². The van der Waals surface area contributed by atoms with Gasteiger partial charge in [-0.2, -0.15) is 0 Å². The second-order valence-corrected chi connectivity index (χ2v) is 6.51. The number of carbonyl (C=O) groups is 1. The van der Waals surface area contributed by atoms with Gasteiger partial charge >= 0.3 is 6.03 Å². The van der Waals surface area contributed by atoms with Crippen LogP contribution in [0.25, 0.3) is 0 Å². The molecular weight excluding hydrogens is 312 g/mol. The van der Waals surface area contributed by atoms with Gasteiger partial charge in [-0.3, -0.25) is 4.98 Å². The van der Waals surface area contributed by atoms with Crippen molar-refractivity contribution in [2.24, 2.45) is 5.92 Å². The van der Waals surface area contributed by atoms with Crippen LogP contribution in [0.15, 0.2) is 54.9 Å². The van der Waals surface area contributed by atoms with Crippen molar-refractivity contribution in [2.75, 3.05) is 31.1 Å². The molecule has 1 saturated heterocycles. The number of urea groups is 1. The second-order valence-electron chi connectivity index (χ2n) is 6.51. The highest BCUT2D eigenvalue weighted by Crippen LogP contribution is 2.21. The molecule has 1 fully saturated rings. The van der Waals surface area contributed by atoms with Gasteiger partial charge in [0.1, 0.15) is 0 Å². The minimum absolute atomic E-state index is 0.0642. The summed E-state index contributed by atoms with van der Waals surface area (Å²) in [5.74, 6) is 0.549. The van der Waals surface area contributed by atoms with Gasteiger partial charge in [-0.15, -0.1) is 0 Å². The van der Waals surface area contributed by atoms with Gasteiger partial charge in [0.05, 0.1) is 11.9 Å². The van der Waals surface area contributed by atoms with Crippen molar-refractivity contribution in [3.8, 4) is 0 Å². The zero-order valence-corrected chi connectivity index (χ0v) is 14.5. The summed E-state index contributed by atoms with van der Waals surface area (Å²) < 4.78 is 0. The Hall–Kier alpha value is -2.56. The first-order valence-electron chi connectivity index (χ1n) is 9.02. The van der Waals surface area contributed by atoms with E-state index in [1.807, 2.05) is 30.5 Å². The highest BCUT2D eigenvalue weighted by molar-refractivity contribution is 5.73. The first-order valence-corrected chi connectivity index (χ1v) is 9.02. The summed E-state index contributed by atoms with van der Waals surface area (Å²) in [5, 5.41) is 5.95. The van der Waals surface area contributed by atoms with Crippen molar-refractivity contribution < 1.29 is 4.79 Å². The molecule has 1 aromatic carbocycles. The number of hydrogen-bond donors (Lipinski definition) is 2. The van der Waals surface area contributed by atoms with Crippen molar-refractivity contribution >= 4 is 11.7 Å². The molecule has 5 nitrogen and oxygen atoms in total. The molecule has 2 heterocycles. The van der Waals surface area contributed by atoms with E-state index >= 15 is 0 Å². The van der Waals surface area contributed by atoms with Gasteiger partial charge in [-0.05, 0) is 42.9 Å². The summed E-state index contributed by atoms with van der Waals surface area (Å²) in [5.41, 5.74) is 2.43. The van der Waals surface area contributed by atoms with E-state index in [0.717, 1.165) is 38.9 Å². The van der Waals surface area contributed by atoms with Crippen molar-refractivity contribution in [3.63, 3.8) is 0 Å². The quantitative estimate of drug-likeness (QED) is 0.851. The van der Waals surface area contributed by atoms with E-state index in [0.29, 0.717) is 12.5 Å². The molecule has 0 spiro atoms. The molecule has 1 aliphatic rings. The second kappa shape index (κ2) is 9.06. The SMILES string of the molecule is O=C(NCCc1ccccc1)NCC1CCN(c2cccnc2)CC1. The maximum absolute atomic E-state index is 11.9. The van der Waals surface area contributed by atoms with Crippen molar-refractivity contribution in [1.29, 1.82) is 0 Å². The third kappa shape index (κ3) is 5.48. The van der Waals surface area contributed by atoms with Crippen molar-refractivity contribution in [3.05, 3.63) is 60.4 Å². The maximum atomic E-state index is 11.9. The van der Waals surface area contributed by atoms with Crippen LogP contribution in [0.1, 0.15) is 18.4 Å². The number of piperidine rings is 1. The number of aromatic nitrogens is 1. The molecule has 25 heavy (non-hydrogen) atoms. The summed E-state index contributed by atoms with van der Waals surface area (Å²) in [6.45, 7) is 3.45. The van der Waals surface area contributed by atoms with E-state index in [4.69, 9.17) is 0 Å². The van der Waals surface area contributed by atoms with Gasteiger partial charge in [0.15, 0.2) is 0 Å². The predicted molar refractivity (Wildman–Crippen MR) is 101 cm³/mol. The molecule has 0 radical (unpaired) electrons. The predicted octanol–water partition coefficient (Wildman–Crippen LogP) is 2.84. The standard InChI is InChI=1S/C20H26N4O/c25-20(22-12-8-17-5-2-1-3-6-17)23-15-18-9-13-24(14-10-18)19-7-4-11-21-16-19/h1-7,11,16,18H,8-10,12-15H2,(H2,22,23,25). The lowest BCUT2D eigenvalue weighted by molar-refractivity contribution is 0.237. The monoisotopic (exact) mass is 338 g/mol. The Morgan fingerprint density at radius 2 is 1.88 bits per heavy atom. The number of anilines is 1. The number of rotatable bonds is 6. The summed E-state index contributed by atoms with van der Waals surface area (Å²) in [4.78, 5) is 18.5. The average Bonchev–Trinajstić information content (AvgIpc) is 2.68. The first-order chi connectivity index (χ1) is 12.3. The van der Waals surface area contributed by atoms with E-state index in [2.05, 4.69) is 38.7 Å². The molecule has 0 atom stereocenters. The number of carbonyl (C=O) groups excluding carboxylic acids is 1. The summed E-state index contributed by atoms with van der Waals surface area (Å²) in [7, 11) is 0. The molecule has 132 valence electrons. The highest BCUT2D eigenvalue weighted by Gasteiger charge is 2.19. The molecule has 0 aliphatic carbocycles. The molecule has 3 rings (SSSR count). The van der Waals surface area contributed by atoms with Crippen LogP contribution in [0.4, 0.5) is 10.5 Å². The topological polar surface area (TPSA) is 57.3 Å². The van der Waals surface area contributed by atoms with Crippen LogP contribution in [0, 0.1) is 5.92 Å². The number of amides is 2. The Kier molecular flexibility index (Phi) is 6.26. The van der Waals surface area contributed by atoms with E-state index in [1.165, 1.54) is 11.3 Å². The zero-order chi connectivity index (χ0) is 17.3.